The molecular weight excluding hydrogens is 584 g/mol. The Morgan fingerprint density at radius 1 is 0.870 bits per heavy atom. The summed E-state index contributed by atoms with van der Waals surface area (Å²) in [7, 11) is 0. The highest BCUT2D eigenvalue weighted by atomic mass is 16.6. The van der Waals surface area contributed by atoms with Crippen LogP contribution >= 0.6 is 0 Å². The second-order valence-electron chi connectivity index (χ2n) is 12.4. The first-order valence-corrected chi connectivity index (χ1v) is 16.0. The van der Waals surface area contributed by atoms with Crippen molar-refractivity contribution >= 4 is 23.9 Å². The number of carbonyl (C=O) groups excluding carboxylic acids is 3. The standard InChI is InChI=1S/C36H40N4O6/c41-32(37-28-18-20-38(21-19-28)23-26-12-6-2-7-13-26)22-30(35(43)44)39-33(29(34(39)42)17-16-25-10-4-1-5-11-25)40-31(24-46-36(40)45)27-14-8-3-9-15-27/h1-15,28-31,33H,16-24H2,(H,37,41)(H,43,44)/t29-,30-,31+,33+/m0/s1. The van der Waals surface area contributed by atoms with E-state index in [0.29, 0.717) is 12.8 Å². The van der Waals surface area contributed by atoms with Gasteiger partial charge < -0.3 is 20.1 Å². The van der Waals surface area contributed by atoms with Crippen molar-refractivity contribution in [2.75, 3.05) is 19.7 Å². The highest BCUT2D eigenvalue weighted by Crippen LogP contribution is 2.42. The van der Waals surface area contributed by atoms with Gasteiger partial charge in [0.2, 0.25) is 11.8 Å². The molecule has 3 amide bonds. The van der Waals surface area contributed by atoms with Crippen LogP contribution in [0.1, 0.15) is 48.4 Å². The number of carboxylic acid groups (broad SMARTS) is 1. The maximum absolute atomic E-state index is 13.8. The zero-order valence-electron chi connectivity index (χ0n) is 25.7. The molecule has 3 saturated heterocycles. The molecule has 0 radical (unpaired) electrons. The number of cyclic esters (lactones) is 1. The predicted octanol–water partition coefficient (Wildman–Crippen LogP) is 4.22. The maximum Gasteiger partial charge on any atom is 0.412 e. The molecule has 0 aromatic heterocycles. The number of piperidine rings is 1. The third-order valence-corrected chi connectivity index (χ3v) is 9.39. The van der Waals surface area contributed by atoms with E-state index in [4.69, 9.17) is 4.74 Å². The van der Waals surface area contributed by atoms with E-state index >= 15 is 0 Å². The minimum Gasteiger partial charge on any atom is -0.480 e. The molecule has 240 valence electrons. The Labute approximate surface area is 268 Å². The number of β-lactam (4-membered cyclic amide) rings is 1. The van der Waals surface area contributed by atoms with Crippen LogP contribution in [0.25, 0.3) is 0 Å². The van der Waals surface area contributed by atoms with Crippen molar-refractivity contribution in [3.05, 3.63) is 108 Å². The minimum absolute atomic E-state index is 0.0773. The molecule has 0 saturated carbocycles. The Morgan fingerprint density at radius 2 is 1.48 bits per heavy atom. The van der Waals surface area contributed by atoms with Crippen molar-refractivity contribution in [3.63, 3.8) is 0 Å². The number of hydrogen-bond acceptors (Lipinski definition) is 6. The van der Waals surface area contributed by atoms with Gasteiger partial charge in [0, 0.05) is 25.7 Å². The quantitative estimate of drug-likeness (QED) is 0.290. The van der Waals surface area contributed by atoms with Gasteiger partial charge in [-0.15, -0.1) is 0 Å². The van der Waals surface area contributed by atoms with Gasteiger partial charge in [0.25, 0.3) is 0 Å². The topological polar surface area (TPSA) is 119 Å². The zero-order chi connectivity index (χ0) is 32.0. The first-order valence-electron chi connectivity index (χ1n) is 16.0. The van der Waals surface area contributed by atoms with Gasteiger partial charge in [-0.05, 0) is 42.4 Å². The number of likely N-dealkylation sites (tertiary alicyclic amines) is 2. The molecule has 3 aliphatic rings. The molecule has 2 N–H and O–H groups in total. The fourth-order valence-corrected chi connectivity index (χ4v) is 6.97. The van der Waals surface area contributed by atoms with Gasteiger partial charge in [-0.1, -0.05) is 91.0 Å². The number of carbonyl (C=O) groups is 4. The van der Waals surface area contributed by atoms with Crippen LogP contribution in [0.5, 0.6) is 0 Å². The average Bonchev–Trinajstić information content (AvgIpc) is 3.45. The van der Waals surface area contributed by atoms with Crippen molar-refractivity contribution in [2.45, 2.75) is 62.9 Å². The molecule has 3 aliphatic heterocycles. The van der Waals surface area contributed by atoms with E-state index in [2.05, 4.69) is 22.3 Å². The van der Waals surface area contributed by atoms with Gasteiger partial charge in [0.1, 0.15) is 18.8 Å². The van der Waals surface area contributed by atoms with E-state index in [1.54, 1.807) is 0 Å². The molecule has 46 heavy (non-hydrogen) atoms. The number of nitrogens with zero attached hydrogens (tertiary/aromatic N) is 3. The molecule has 4 atom stereocenters. The van der Waals surface area contributed by atoms with E-state index < -0.39 is 48.6 Å². The first-order chi connectivity index (χ1) is 22.4. The Kier molecular flexibility index (Phi) is 9.63. The van der Waals surface area contributed by atoms with Gasteiger partial charge in [-0.2, -0.15) is 0 Å². The van der Waals surface area contributed by atoms with Gasteiger partial charge in [-0.25, -0.2) is 9.59 Å². The van der Waals surface area contributed by atoms with Crippen molar-refractivity contribution < 1.29 is 29.0 Å². The number of nitrogens with one attached hydrogen (secondary N) is 1. The zero-order valence-corrected chi connectivity index (χ0v) is 25.7. The van der Waals surface area contributed by atoms with Crippen molar-refractivity contribution in [2.24, 2.45) is 5.92 Å². The van der Waals surface area contributed by atoms with Crippen LogP contribution in [0.15, 0.2) is 91.0 Å². The monoisotopic (exact) mass is 624 g/mol. The molecule has 0 unspecified atom stereocenters. The lowest BCUT2D eigenvalue weighted by molar-refractivity contribution is -0.183. The van der Waals surface area contributed by atoms with Crippen LogP contribution < -0.4 is 5.32 Å². The summed E-state index contributed by atoms with van der Waals surface area (Å²) >= 11 is 0. The summed E-state index contributed by atoms with van der Waals surface area (Å²) in [5.74, 6) is -2.70. The number of amides is 3. The van der Waals surface area contributed by atoms with Crippen LogP contribution in [-0.2, 0) is 32.1 Å². The van der Waals surface area contributed by atoms with Crippen molar-refractivity contribution in [1.82, 2.24) is 20.0 Å². The summed E-state index contributed by atoms with van der Waals surface area (Å²) in [4.78, 5) is 58.0. The SMILES string of the molecule is O=C(C[C@@H](C(=O)O)N1C(=O)[C@@H](CCc2ccccc2)[C@H]1N1C(=O)OC[C@@H]1c1ccccc1)NC1CCN(Cc2ccccc2)CC1. The summed E-state index contributed by atoms with van der Waals surface area (Å²) in [6.45, 7) is 2.56. The van der Waals surface area contributed by atoms with Crippen LogP contribution in [-0.4, -0.2) is 81.6 Å². The minimum atomic E-state index is -1.42. The highest BCUT2D eigenvalue weighted by Gasteiger charge is 2.58. The first kappa shape index (κ1) is 31.3. The summed E-state index contributed by atoms with van der Waals surface area (Å²) < 4.78 is 5.47. The number of benzene rings is 3. The van der Waals surface area contributed by atoms with Crippen molar-refractivity contribution in [3.8, 4) is 0 Å². The number of rotatable bonds is 12. The van der Waals surface area contributed by atoms with Gasteiger partial charge in [0.05, 0.1) is 18.4 Å². The Bertz CT molecular complexity index is 1510. The Hall–Kier alpha value is -4.70. The second kappa shape index (κ2) is 14.2. The molecular formula is C36H40N4O6. The molecule has 3 aromatic carbocycles. The third kappa shape index (κ3) is 6.92. The van der Waals surface area contributed by atoms with Crippen LogP contribution in [0, 0.1) is 5.92 Å². The lowest BCUT2D eigenvalue weighted by Crippen LogP contribution is -2.72. The molecule has 10 heteroatoms. The van der Waals surface area contributed by atoms with Gasteiger partial charge in [-0.3, -0.25) is 19.4 Å². The highest BCUT2D eigenvalue weighted by molar-refractivity contribution is 5.94. The lowest BCUT2D eigenvalue weighted by atomic mass is 9.83. The normalized spacial score (nSPS) is 22.7. The van der Waals surface area contributed by atoms with Gasteiger partial charge in [0.15, 0.2) is 0 Å². The number of aryl methyl sites for hydroxylation is 1. The van der Waals surface area contributed by atoms with Crippen LogP contribution in [0.3, 0.4) is 0 Å². The molecule has 10 nitrogen and oxygen atoms in total. The molecule has 0 bridgehead atoms. The summed E-state index contributed by atoms with van der Waals surface area (Å²) in [6, 6.07) is 27.3. The molecule has 0 aliphatic carbocycles. The Balaban J connectivity index is 1.15. The molecule has 0 spiro atoms. The molecule has 3 heterocycles. The van der Waals surface area contributed by atoms with E-state index in [9.17, 15) is 24.3 Å². The smallest absolute Gasteiger partial charge is 0.412 e. The Morgan fingerprint density at radius 3 is 2.11 bits per heavy atom. The summed E-state index contributed by atoms with van der Waals surface area (Å²) in [6.07, 6.45) is 0.662. The summed E-state index contributed by atoms with van der Waals surface area (Å²) in [5, 5.41) is 13.4. The van der Waals surface area contributed by atoms with Crippen LogP contribution in [0.4, 0.5) is 4.79 Å². The number of carboxylic acids is 1. The van der Waals surface area contributed by atoms with Crippen molar-refractivity contribution in [1.29, 1.82) is 0 Å². The lowest BCUT2D eigenvalue weighted by Gasteiger charge is -2.53. The molecule has 6 rings (SSSR count). The average molecular weight is 625 g/mol. The molecule has 3 aromatic rings. The largest absolute Gasteiger partial charge is 0.480 e. The predicted molar refractivity (Wildman–Crippen MR) is 170 cm³/mol. The summed E-state index contributed by atoms with van der Waals surface area (Å²) in [5.41, 5.74) is 3.11. The number of hydrogen-bond donors (Lipinski definition) is 2. The van der Waals surface area contributed by atoms with Gasteiger partial charge >= 0.3 is 12.1 Å². The van der Waals surface area contributed by atoms with E-state index in [0.717, 1.165) is 43.6 Å². The number of ether oxygens (including phenoxy) is 1. The fourth-order valence-electron chi connectivity index (χ4n) is 6.97. The maximum atomic E-state index is 13.8. The third-order valence-electron chi connectivity index (χ3n) is 9.39. The van der Waals surface area contributed by atoms with Crippen LogP contribution in [0.2, 0.25) is 0 Å². The van der Waals surface area contributed by atoms with E-state index in [1.807, 2.05) is 78.9 Å². The number of aliphatic carboxylic acids is 1. The fraction of sp³-hybridized carbons (Fsp3) is 0.389. The second-order valence-corrected chi connectivity index (χ2v) is 12.4. The van der Waals surface area contributed by atoms with E-state index in [-0.39, 0.29) is 18.6 Å². The molecule has 3 fully saturated rings. The van der Waals surface area contributed by atoms with E-state index in [1.165, 1.54) is 15.4 Å².